The summed E-state index contributed by atoms with van der Waals surface area (Å²) in [5.74, 6) is 1.27. The molecule has 0 atom stereocenters. The van der Waals surface area contributed by atoms with E-state index in [0.29, 0.717) is 13.1 Å². The van der Waals surface area contributed by atoms with Gasteiger partial charge in [0.25, 0.3) is 0 Å². The van der Waals surface area contributed by atoms with Crippen molar-refractivity contribution in [2.75, 3.05) is 27.2 Å². The number of carbonyl (C=O) groups excluding carboxylic acids is 1. The van der Waals surface area contributed by atoms with Crippen LogP contribution in [0.2, 0.25) is 0 Å². The van der Waals surface area contributed by atoms with Gasteiger partial charge in [0.15, 0.2) is 5.96 Å². The summed E-state index contributed by atoms with van der Waals surface area (Å²) in [5, 5.41) is 6.21. The lowest BCUT2D eigenvalue weighted by Crippen LogP contribution is -2.42. The van der Waals surface area contributed by atoms with Crippen LogP contribution < -0.4 is 10.6 Å². The van der Waals surface area contributed by atoms with Crippen LogP contribution in [0, 0.1) is 5.92 Å². The van der Waals surface area contributed by atoms with E-state index in [1.165, 1.54) is 5.56 Å². The van der Waals surface area contributed by atoms with Crippen molar-refractivity contribution in [1.82, 2.24) is 15.5 Å². The highest BCUT2D eigenvalue weighted by molar-refractivity contribution is 9.10. The van der Waals surface area contributed by atoms with E-state index in [4.69, 9.17) is 0 Å². The standard InChI is InChI=1S/C16H23BrN4O/c1-18-16(20-10-9-19-15(22)13-5-6-13)21(2)11-12-3-7-14(17)8-4-12/h3-4,7-8,13H,5-6,9-11H2,1-2H3,(H,18,20)(H,19,22). The SMILES string of the molecule is CN=C(NCCNC(=O)C1CC1)N(C)Cc1ccc(Br)cc1. The number of guanidine groups is 1. The van der Waals surface area contributed by atoms with Gasteiger partial charge in [0, 0.05) is 44.1 Å². The number of halogens is 1. The minimum Gasteiger partial charge on any atom is -0.354 e. The largest absolute Gasteiger partial charge is 0.354 e. The fraction of sp³-hybridized carbons (Fsp3) is 0.500. The van der Waals surface area contributed by atoms with Crippen molar-refractivity contribution in [3.05, 3.63) is 34.3 Å². The monoisotopic (exact) mass is 366 g/mol. The second kappa shape index (κ2) is 8.17. The molecule has 0 radical (unpaired) electrons. The van der Waals surface area contributed by atoms with Crippen LogP contribution in [-0.2, 0) is 11.3 Å². The summed E-state index contributed by atoms with van der Waals surface area (Å²) in [4.78, 5) is 17.9. The summed E-state index contributed by atoms with van der Waals surface area (Å²) in [7, 11) is 3.77. The number of amides is 1. The predicted molar refractivity (Wildman–Crippen MR) is 92.7 cm³/mol. The smallest absolute Gasteiger partial charge is 0.223 e. The van der Waals surface area contributed by atoms with Crippen LogP contribution in [0.25, 0.3) is 0 Å². The number of benzene rings is 1. The van der Waals surface area contributed by atoms with Gasteiger partial charge < -0.3 is 15.5 Å². The van der Waals surface area contributed by atoms with Crippen LogP contribution in [0.5, 0.6) is 0 Å². The third kappa shape index (κ3) is 5.33. The van der Waals surface area contributed by atoms with E-state index in [1.54, 1.807) is 7.05 Å². The second-order valence-corrected chi connectivity index (χ2v) is 6.44. The van der Waals surface area contributed by atoms with Gasteiger partial charge in [-0.15, -0.1) is 0 Å². The molecule has 5 nitrogen and oxygen atoms in total. The highest BCUT2D eigenvalue weighted by Crippen LogP contribution is 2.28. The van der Waals surface area contributed by atoms with Crippen molar-refractivity contribution in [1.29, 1.82) is 0 Å². The number of hydrogen-bond acceptors (Lipinski definition) is 2. The molecule has 2 rings (SSSR count). The number of nitrogens with one attached hydrogen (secondary N) is 2. The average Bonchev–Trinajstić information content (AvgIpc) is 3.34. The third-order valence-electron chi connectivity index (χ3n) is 3.56. The molecule has 2 N–H and O–H groups in total. The van der Waals surface area contributed by atoms with Gasteiger partial charge in [-0.2, -0.15) is 0 Å². The Morgan fingerprint density at radius 3 is 2.50 bits per heavy atom. The van der Waals surface area contributed by atoms with E-state index in [0.717, 1.165) is 29.8 Å². The Kier molecular flexibility index (Phi) is 6.24. The first-order chi connectivity index (χ1) is 10.6. The van der Waals surface area contributed by atoms with Gasteiger partial charge in [0.05, 0.1) is 0 Å². The number of carbonyl (C=O) groups is 1. The van der Waals surface area contributed by atoms with Crippen molar-refractivity contribution in [3.63, 3.8) is 0 Å². The van der Waals surface area contributed by atoms with Crippen LogP contribution >= 0.6 is 15.9 Å². The molecule has 1 fully saturated rings. The molecule has 120 valence electrons. The van der Waals surface area contributed by atoms with Gasteiger partial charge in [0.1, 0.15) is 0 Å². The van der Waals surface area contributed by atoms with E-state index in [2.05, 4.69) is 48.6 Å². The molecule has 0 saturated heterocycles. The first-order valence-electron chi connectivity index (χ1n) is 7.54. The zero-order valence-corrected chi connectivity index (χ0v) is 14.7. The molecule has 1 aliphatic carbocycles. The van der Waals surface area contributed by atoms with Crippen LogP contribution in [0.3, 0.4) is 0 Å². The van der Waals surface area contributed by atoms with Gasteiger partial charge in [-0.05, 0) is 30.5 Å². The van der Waals surface area contributed by atoms with Crippen molar-refractivity contribution >= 4 is 27.8 Å². The Morgan fingerprint density at radius 2 is 1.91 bits per heavy atom. The maximum atomic E-state index is 11.5. The molecular weight excluding hydrogens is 344 g/mol. The van der Waals surface area contributed by atoms with E-state index in [9.17, 15) is 4.79 Å². The summed E-state index contributed by atoms with van der Waals surface area (Å²) >= 11 is 3.44. The average molecular weight is 367 g/mol. The van der Waals surface area contributed by atoms with E-state index >= 15 is 0 Å². The van der Waals surface area contributed by atoms with Crippen molar-refractivity contribution in [2.45, 2.75) is 19.4 Å². The molecule has 1 amide bonds. The number of hydrogen-bond donors (Lipinski definition) is 2. The fourth-order valence-corrected chi connectivity index (χ4v) is 2.44. The summed E-state index contributed by atoms with van der Waals surface area (Å²) < 4.78 is 1.08. The Bertz CT molecular complexity index is 525. The lowest BCUT2D eigenvalue weighted by molar-refractivity contribution is -0.122. The third-order valence-corrected chi connectivity index (χ3v) is 4.09. The summed E-state index contributed by atoms with van der Waals surface area (Å²) in [5.41, 5.74) is 1.22. The maximum Gasteiger partial charge on any atom is 0.223 e. The molecule has 0 heterocycles. The van der Waals surface area contributed by atoms with E-state index < -0.39 is 0 Å². The number of nitrogens with zero attached hydrogens (tertiary/aromatic N) is 2. The Balaban J connectivity index is 1.72. The molecule has 0 aliphatic heterocycles. The molecule has 0 aromatic heterocycles. The topological polar surface area (TPSA) is 56.7 Å². The molecule has 1 aromatic rings. The minimum atomic E-state index is 0.181. The van der Waals surface area contributed by atoms with E-state index in [-0.39, 0.29) is 11.8 Å². The lowest BCUT2D eigenvalue weighted by atomic mass is 10.2. The molecule has 0 unspecified atom stereocenters. The normalized spacial score (nSPS) is 14.6. The Hall–Kier alpha value is -1.56. The van der Waals surface area contributed by atoms with Crippen molar-refractivity contribution in [3.8, 4) is 0 Å². The van der Waals surface area contributed by atoms with Crippen LogP contribution in [0.4, 0.5) is 0 Å². The first-order valence-corrected chi connectivity index (χ1v) is 8.33. The molecule has 6 heteroatoms. The quantitative estimate of drug-likeness (QED) is 0.459. The fourth-order valence-electron chi connectivity index (χ4n) is 2.17. The molecule has 1 aliphatic rings. The van der Waals surface area contributed by atoms with Crippen molar-refractivity contribution in [2.24, 2.45) is 10.9 Å². The van der Waals surface area contributed by atoms with E-state index in [1.807, 2.05) is 19.2 Å². The summed E-state index contributed by atoms with van der Waals surface area (Å²) in [6, 6.07) is 8.24. The lowest BCUT2D eigenvalue weighted by Gasteiger charge is -2.22. The zero-order valence-electron chi connectivity index (χ0n) is 13.1. The predicted octanol–water partition coefficient (Wildman–Crippen LogP) is 1.98. The number of rotatable bonds is 6. The van der Waals surface area contributed by atoms with Crippen LogP contribution in [0.15, 0.2) is 33.7 Å². The zero-order chi connectivity index (χ0) is 15.9. The second-order valence-electron chi connectivity index (χ2n) is 5.52. The van der Waals surface area contributed by atoms with Crippen LogP contribution in [-0.4, -0.2) is 44.0 Å². The van der Waals surface area contributed by atoms with Gasteiger partial charge in [0.2, 0.25) is 5.91 Å². The Labute approximate surface area is 140 Å². The summed E-state index contributed by atoms with van der Waals surface area (Å²) in [6.07, 6.45) is 2.08. The molecule has 1 saturated carbocycles. The van der Waals surface area contributed by atoms with Gasteiger partial charge in [-0.3, -0.25) is 9.79 Å². The highest BCUT2D eigenvalue weighted by atomic mass is 79.9. The molecular formula is C16H23BrN4O. The molecule has 1 aromatic carbocycles. The first kappa shape index (κ1) is 16.8. The van der Waals surface area contributed by atoms with Gasteiger partial charge in [-0.1, -0.05) is 28.1 Å². The van der Waals surface area contributed by atoms with Crippen molar-refractivity contribution < 1.29 is 4.79 Å². The maximum absolute atomic E-state index is 11.5. The Morgan fingerprint density at radius 1 is 1.27 bits per heavy atom. The molecule has 0 bridgehead atoms. The van der Waals surface area contributed by atoms with Gasteiger partial charge >= 0.3 is 0 Å². The van der Waals surface area contributed by atoms with Gasteiger partial charge in [-0.25, -0.2) is 0 Å². The molecule has 0 spiro atoms. The number of aliphatic imine (C=N–C) groups is 1. The molecule has 22 heavy (non-hydrogen) atoms. The highest BCUT2D eigenvalue weighted by Gasteiger charge is 2.28. The minimum absolute atomic E-state index is 0.181. The summed E-state index contributed by atoms with van der Waals surface area (Å²) in [6.45, 7) is 2.08. The van der Waals surface area contributed by atoms with Crippen LogP contribution in [0.1, 0.15) is 18.4 Å².